The smallest absolute Gasteiger partial charge is 0.237 e. The Labute approximate surface area is 152 Å². The maximum Gasteiger partial charge on any atom is 0.237 e. The van der Waals surface area contributed by atoms with E-state index in [0.29, 0.717) is 6.54 Å². The first kappa shape index (κ1) is 19.7. The first-order valence-corrected chi connectivity index (χ1v) is 9.43. The Morgan fingerprint density at radius 2 is 1.76 bits per heavy atom. The summed E-state index contributed by atoms with van der Waals surface area (Å²) in [7, 11) is 0. The summed E-state index contributed by atoms with van der Waals surface area (Å²) in [5, 5.41) is 2.96. The zero-order valence-corrected chi connectivity index (χ0v) is 16.0. The number of para-hydroxylation sites is 1. The Morgan fingerprint density at radius 1 is 1.12 bits per heavy atom. The van der Waals surface area contributed by atoms with E-state index in [1.165, 1.54) is 5.69 Å². The van der Waals surface area contributed by atoms with Crippen LogP contribution in [0, 0.1) is 5.41 Å². The van der Waals surface area contributed by atoms with Gasteiger partial charge in [0.1, 0.15) is 0 Å². The maximum atomic E-state index is 12.0. The van der Waals surface area contributed by atoms with Gasteiger partial charge in [0, 0.05) is 38.4 Å². The van der Waals surface area contributed by atoms with E-state index < -0.39 is 6.04 Å². The normalized spacial score (nSPS) is 17.4. The van der Waals surface area contributed by atoms with Gasteiger partial charge in [0.2, 0.25) is 5.91 Å². The van der Waals surface area contributed by atoms with Crippen molar-refractivity contribution >= 4 is 11.6 Å². The molecule has 140 valence electrons. The highest BCUT2D eigenvalue weighted by atomic mass is 16.2. The van der Waals surface area contributed by atoms with Crippen molar-refractivity contribution < 1.29 is 4.79 Å². The average molecular weight is 347 g/mol. The molecule has 0 aromatic heterocycles. The van der Waals surface area contributed by atoms with E-state index in [1.54, 1.807) is 0 Å². The van der Waals surface area contributed by atoms with Crippen LogP contribution in [0.3, 0.4) is 0 Å². The van der Waals surface area contributed by atoms with Crippen molar-refractivity contribution in [1.82, 2.24) is 10.2 Å². The first-order valence-electron chi connectivity index (χ1n) is 9.43. The van der Waals surface area contributed by atoms with Gasteiger partial charge in [0.15, 0.2) is 0 Å². The van der Waals surface area contributed by atoms with Crippen molar-refractivity contribution in [3.05, 3.63) is 30.3 Å². The van der Waals surface area contributed by atoms with Gasteiger partial charge in [-0.25, -0.2) is 0 Å². The third-order valence-corrected chi connectivity index (χ3v) is 4.91. The minimum absolute atomic E-state index is 0.0380. The molecule has 0 radical (unpaired) electrons. The van der Waals surface area contributed by atoms with Gasteiger partial charge < -0.3 is 16.0 Å². The predicted molar refractivity (Wildman–Crippen MR) is 105 cm³/mol. The van der Waals surface area contributed by atoms with Gasteiger partial charge in [0.05, 0.1) is 6.04 Å². The number of piperazine rings is 1. The molecule has 0 saturated carbocycles. The lowest BCUT2D eigenvalue weighted by molar-refractivity contribution is -0.124. The molecule has 2 rings (SSSR count). The SMILES string of the molecule is CC(C)(C)[C@H](N)C(=O)NCCCCN1CCN(c2ccccc2)CC1. The molecule has 1 aliphatic rings. The van der Waals surface area contributed by atoms with Crippen LogP contribution in [0.15, 0.2) is 30.3 Å². The molecule has 0 bridgehead atoms. The van der Waals surface area contributed by atoms with E-state index in [0.717, 1.165) is 45.6 Å². The maximum absolute atomic E-state index is 12.0. The fourth-order valence-electron chi connectivity index (χ4n) is 3.04. The number of amides is 1. The number of unbranched alkanes of at least 4 members (excludes halogenated alkanes) is 1. The molecule has 0 aliphatic carbocycles. The molecule has 1 aromatic carbocycles. The second kappa shape index (κ2) is 9.20. The number of hydrogen-bond donors (Lipinski definition) is 2. The van der Waals surface area contributed by atoms with Gasteiger partial charge in [-0.2, -0.15) is 0 Å². The third kappa shape index (κ3) is 6.33. The fourth-order valence-corrected chi connectivity index (χ4v) is 3.04. The number of hydrogen-bond acceptors (Lipinski definition) is 4. The molecule has 5 nitrogen and oxygen atoms in total. The van der Waals surface area contributed by atoms with Crippen molar-refractivity contribution in [3.8, 4) is 0 Å². The lowest BCUT2D eigenvalue weighted by atomic mass is 9.87. The van der Waals surface area contributed by atoms with Crippen molar-refractivity contribution in [2.45, 2.75) is 39.7 Å². The van der Waals surface area contributed by atoms with Crippen LogP contribution in [-0.4, -0.2) is 56.1 Å². The monoisotopic (exact) mass is 346 g/mol. The highest BCUT2D eigenvalue weighted by Gasteiger charge is 2.26. The van der Waals surface area contributed by atoms with Gasteiger partial charge in [0.25, 0.3) is 0 Å². The van der Waals surface area contributed by atoms with Crippen LogP contribution in [0.2, 0.25) is 0 Å². The second-order valence-electron chi connectivity index (χ2n) is 8.01. The fraction of sp³-hybridized carbons (Fsp3) is 0.650. The molecule has 1 saturated heterocycles. The Balaban J connectivity index is 1.57. The number of nitrogens with two attached hydrogens (primary N) is 1. The summed E-state index contributed by atoms with van der Waals surface area (Å²) < 4.78 is 0. The van der Waals surface area contributed by atoms with Crippen molar-refractivity contribution in [1.29, 1.82) is 0 Å². The highest BCUT2D eigenvalue weighted by molar-refractivity contribution is 5.82. The number of nitrogens with zero attached hydrogens (tertiary/aromatic N) is 2. The number of rotatable bonds is 7. The molecule has 1 heterocycles. The van der Waals surface area contributed by atoms with Crippen LogP contribution < -0.4 is 16.0 Å². The number of benzene rings is 1. The minimum Gasteiger partial charge on any atom is -0.369 e. The molecule has 1 amide bonds. The van der Waals surface area contributed by atoms with Gasteiger partial charge in [-0.1, -0.05) is 39.0 Å². The molecule has 1 aliphatic heterocycles. The number of nitrogens with one attached hydrogen (secondary N) is 1. The van der Waals surface area contributed by atoms with E-state index in [-0.39, 0.29) is 11.3 Å². The van der Waals surface area contributed by atoms with Gasteiger partial charge in [-0.05, 0) is 36.9 Å². The molecule has 25 heavy (non-hydrogen) atoms. The zero-order chi connectivity index (χ0) is 18.3. The Hall–Kier alpha value is -1.59. The minimum atomic E-state index is -0.446. The van der Waals surface area contributed by atoms with E-state index in [2.05, 4.69) is 45.4 Å². The first-order chi connectivity index (χ1) is 11.9. The van der Waals surface area contributed by atoms with Crippen LogP contribution in [0.1, 0.15) is 33.6 Å². The van der Waals surface area contributed by atoms with Crippen LogP contribution in [0.25, 0.3) is 0 Å². The quantitative estimate of drug-likeness (QED) is 0.742. The van der Waals surface area contributed by atoms with Crippen molar-refractivity contribution in [3.63, 3.8) is 0 Å². The molecule has 5 heteroatoms. The molecule has 1 atom stereocenters. The van der Waals surface area contributed by atoms with Gasteiger partial charge in [-0.3, -0.25) is 9.69 Å². The van der Waals surface area contributed by atoms with E-state index in [9.17, 15) is 4.79 Å². The highest BCUT2D eigenvalue weighted by Crippen LogP contribution is 2.17. The molecule has 1 aromatic rings. The standard InChI is InChI=1S/C20H34N4O/c1-20(2,3)18(21)19(25)22-11-7-8-12-23-13-15-24(16-14-23)17-9-5-4-6-10-17/h4-6,9-10,18H,7-8,11-16,21H2,1-3H3,(H,22,25)/t18-/m1/s1. The number of carbonyl (C=O) groups excluding carboxylic acids is 1. The molecular formula is C20H34N4O. The average Bonchev–Trinajstić information content (AvgIpc) is 2.61. The number of anilines is 1. The summed E-state index contributed by atoms with van der Waals surface area (Å²) in [6, 6.07) is 10.2. The zero-order valence-electron chi connectivity index (χ0n) is 16.0. The predicted octanol–water partition coefficient (Wildman–Crippen LogP) is 2.08. The summed E-state index contributed by atoms with van der Waals surface area (Å²) in [4.78, 5) is 16.9. The molecule has 1 fully saturated rings. The van der Waals surface area contributed by atoms with E-state index in [4.69, 9.17) is 5.73 Å². The molecule has 0 spiro atoms. The van der Waals surface area contributed by atoms with Gasteiger partial charge in [-0.15, -0.1) is 0 Å². The summed E-state index contributed by atoms with van der Waals surface area (Å²) >= 11 is 0. The summed E-state index contributed by atoms with van der Waals surface area (Å²) in [6.07, 6.45) is 2.11. The number of carbonyl (C=O) groups is 1. The topological polar surface area (TPSA) is 61.6 Å². The molecule has 3 N–H and O–H groups in total. The van der Waals surface area contributed by atoms with Crippen LogP contribution in [0.4, 0.5) is 5.69 Å². The second-order valence-corrected chi connectivity index (χ2v) is 8.01. The van der Waals surface area contributed by atoms with Gasteiger partial charge >= 0.3 is 0 Å². The lowest BCUT2D eigenvalue weighted by Gasteiger charge is -2.36. The molecular weight excluding hydrogens is 312 g/mol. The Kier molecular flexibility index (Phi) is 7.26. The summed E-state index contributed by atoms with van der Waals surface area (Å²) in [6.45, 7) is 12.2. The van der Waals surface area contributed by atoms with Crippen molar-refractivity contribution in [2.24, 2.45) is 11.1 Å². The third-order valence-electron chi connectivity index (χ3n) is 4.91. The lowest BCUT2D eigenvalue weighted by Crippen LogP contribution is -2.49. The van der Waals surface area contributed by atoms with E-state index in [1.807, 2.05) is 20.8 Å². The van der Waals surface area contributed by atoms with Crippen LogP contribution in [0.5, 0.6) is 0 Å². The van der Waals surface area contributed by atoms with Crippen molar-refractivity contribution in [2.75, 3.05) is 44.2 Å². The summed E-state index contributed by atoms with van der Waals surface area (Å²) in [5.74, 6) is -0.0380. The van der Waals surface area contributed by atoms with Crippen LogP contribution in [-0.2, 0) is 4.79 Å². The summed E-state index contributed by atoms with van der Waals surface area (Å²) in [5.41, 5.74) is 7.09. The largest absolute Gasteiger partial charge is 0.369 e. The van der Waals surface area contributed by atoms with E-state index >= 15 is 0 Å². The Morgan fingerprint density at radius 3 is 2.36 bits per heavy atom. The molecule has 0 unspecified atom stereocenters. The van der Waals surface area contributed by atoms with Crippen LogP contribution >= 0.6 is 0 Å². The Bertz CT molecular complexity index is 518.